The van der Waals surface area contributed by atoms with E-state index < -0.39 is 5.82 Å². The van der Waals surface area contributed by atoms with Gasteiger partial charge in [0.15, 0.2) is 0 Å². The summed E-state index contributed by atoms with van der Waals surface area (Å²) in [5.41, 5.74) is 0.665. The van der Waals surface area contributed by atoms with E-state index in [2.05, 4.69) is 10.6 Å². The molecule has 0 saturated heterocycles. The minimum Gasteiger partial charge on any atom is -0.349 e. The maximum Gasteiger partial charge on any atom is 0.251 e. The monoisotopic (exact) mass is 300 g/mol. The van der Waals surface area contributed by atoms with E-state index in [9.17, 15) is 14.0 Å². The fraction of sp³-hybridized carbons (Fsp3) is 0.176. The molecule has 0 radical (unpaired) electrons. The molecule has 0 spiro atoms. The minimum atomic E-state index is -0.489. The molecule has 2 amide bonds. The highest BCUT2D eigenvalue weighted by atomic mass is 19.1. The van der Waals surface area contributed by atoms with Crippen LogP contribution in [0.25, 0.3) is 0 Å². The molecule has 22 heavy (non-hydrogen) atoms. The lowest BCUT2D eigenvalue weighted by Gasteiger charge is -2.14. The molecular weight excluding hydrogens is 283 g/mol. The summed E-state index contributed by atoms with van der Waals surface area (Å²) in [6.07, 6.45) is 0.0624. The fourth-order valence-electron chi connectivity index (χ4n) is 1.99. The van der Waals surface area contributed by atoms with Crippen molar-refractivity contribution in [2.75, 3.05) is 5.32 Å². The predicted octanol–water partition coefficient (Wildman–Crippen LogP) is 2.97. The lowest BCUT2D eigenvalue weighted by Crippen LogP contribution is -2.35. The van der Waals surface area contributed by atoms with Crippen molar-refractivity contribution in [1.82, 2.24) is 5.32 Å². The molecule has 0 aliphatic heterocycles. The minimum absolute atomic E-state index is 0.0624. The largest absolute Gasteiger partial charge is 0.349 e. The molecule has 2 N–H and O–H groups in total. The topological polar surface area (TPSA) is 58.2 Å². The Bertz CT molecular complexity index is 659. The standard InChI is InChI=1S/C17H17FN2O2/c1-12(19-17(22)13-7-3-2-4-8-13)11-16(21)20-15-10-6-5-9-14(15)18/h2-10,12H,11H2,1H3,(H,19,22)(H,20,21). The molecule has 1 unspecified atom stereocenters. The van der Waals surface area contributed by atoms with Crippen molar-refractivity contribution < 1.29 is 14.0 Å². The second kappa shape index (κ2) is 7.36. The van der Waals surface area contributed by atoms with Gasteiger partial charge in [0.1, 0.15) is 5.82 Å². The van der Waals surface area contributed by atoms with Crippen molar-refractivity contribution in [1.29, 1.82) is 0 Å². The summed E-state index contributed by atoms with van der Waals surface area (Å²) in [7, 11) is 0. The number of rotatable bonds is 5. The number of amides is 2. The van der Waals surface area contributed by atoms with Crippen LogP contribution in [0.1, 0.15) is 23.7 Å². The number of hydrogen-bond donors (Lipinski definition) is 2. The Hall–Kier alpha value is -2.69. The van der Waals surface area contributed by atoms with Gasteiger partial charge in [0.2, 0.25) is 5.91 Å². The fourth-order valence-corrected chi connectivity index (χ4v) is 1.99. The quantitative estimate of drug-likeness (QED) is 0.892. The number of nitrogens with one attached hydrogen (secondary N) is 2. The first kappa shape index (κ1) is 15.7. The maximum absolute atomic E-state index is 13.4. The third-order valence-electron chi connectivity index (χ3n) is 3.05. The molecule has 0 bridgehead atoms. The van der Waals surface area contributed by atoms with Gasteiger partial charge in [0.05, 0.1) is 5.69 Å². The number of carbonyl (C=O) groups excluding carboxylic acids is 2. The SMILES string of the molecule is CC(CC(=O)Nc1ccccc1F)NC(=O)c1ccccc1. The van der Waals surface area contributed by atoms with Crippen molar-refractivity contribution in [3.8, 4) is 0 Å². The Kier molecular flexibility index (Phi) is 5.25. The van der Waals surface area contributed by atoms with Crippen molar-refractivity contribution in [2.24, 2.45) is 0 Å². The first-order chi connectivity index (χ1) is 10.6. The van der Waals surface area contributed by atoms with Gasteiger partial charge in [0.25, 0.3) is 5.91 Å². The molecule has 0 aromatic heterocycles. The lowest BCUT2D eigenvalue weighted by molar-refractivity contribution is -0.116. The average molecular weight is 300 g/mol. The van der Waals surface area contributed by atoms with E-state index in [0.29, 0.717) is 5.56 Å². The van der Waals surface area contributed by atoms with E-state index in [-0.39, 0.29) is 30.0 Å². The van der Waals surface area contributed by atoms with Crippen LogP contribution in [0.3, 0.4) is 0 Å². The molecule has 114 valence electrons. The summed E-state index contributed by atoms with van der Waals surface area (Å²) >= 11 is 0. The first-order valence-electron chi connectivity index (χ1n) is 6.96. The van der Waals surface area contributed by atoms with Crippen LogP contribution < -0.4 is 10.6 Å². The molecule has 0 aliphatic rings. The zero-order valence-corrected chi connectivity index (χ0v) is 12.2. The van der Waals surface area contributed by atoms with Crippen molar-refractivity contribution in [3.05, 3.63) is 66.0 Å². The van der Waals surface area contributed by atoms with Crippen LogP contribution >= 0.6 is 0 Å². The van der Waals surface area contributed by atoms with E-state index in [1.165, 1.54) is 12.1 Å². The molecule has 0 saturated carbocycles. The summed E-state index contributed by atoms with van der Waals surface area (Å²) in [5.74, 6) is -1.09. The number of benzene rings is 2. The Labute approximate surface area is 128 Å². The third kappa shape index (κ3) is 4.41. The van der Waals surface area contributed by atoms with Crippen LogP contribution in [-0.4, -0.2) is 17.9 Å². The zero-order chi connectivity index (χ0) is 15.9. The molecule has 1 atom stereocenters. The molecule has 2 aromatic rings. The summed E-state index contributed by atoms with van der Waals surface area (Å²) < 4.78 is 13.4. The Balaban J connectivity index is 1.87. The maximum atomic E-state index is 13.4. The summed E-state index contributed by atoms with van der Waals surface area (Å²) in [4.78, 5) is 23.8. The van der Waals surface area contributed by atoms with Crippen molar-refractivity contribution in [2.45, 2.75) is 19.4 Å². The molecule has 5 heteroatoms. The molecule has 2 rings (SSSR count). The van der Waals surface area contributed by atoms with Crippen LogP contribution in [0.4, 0.5) is 10.1 Å². The second-order valence-corrected chi connectivity index (χ2v) is 4.97. The number of anilines is 1. The van der Waals surface area contributed by atoms with Gasteiger partial charge in [-0.15, -0.1) is 0 Å². The molecule has 0 fully saturated rings. The highest BCUT2D eigenvalue weighted by Crippen LogP contribution is 2.12. The molecular formula is C17H17FN2O2. The number of carbonyl (C=O) groups is 2. The van der Waals surface area contributed by atoms with Gasteiger partial charge in [0, 0.05) is 18.0 Å². The predicted molar refractivity (Wildman–Crippen MR) is 83.0 cm³/mol. The van der Waals surface area contributed by atoms with E-state index in [1.54, 1.807) is 43.3 Å². The van der Waals surface area contributed by atoms with Gasteiger partial charge >= 0.3 is 0 Å². The van der Waals surface area contributed by atoms with Crippen LogP contribution in [0.15, 0.2) is 54.6 Å². The molecule has 0 aliphatic carbocycles. The number of para-hydroxylation sites is 1. The highest BCUT2D eigenvalue weighted by molar-refractivity contribution is 5.95. The van der Waals surface area contributed by atoms with Crippen LogP contribution in [0.2, 0.25) is 0 Å². The molecule has 2 aromatic carbocycles. The highest BCUT2D eigenvalue weighted by Gasteiger charge is 2.14. The van der Waals surface area contributed by atoms with Gasteiger partial charge in [-0.1, -0.05) is 30.3 Å². The summed E-state index contributed by atoms with van der Waals surface area (Å²) in [6, 6.07) is 14.3. The molecule has 4 nitrogen and oxygen atoms in total. The number of hydrogen-bond acceptors (Lipinski definition) is 2. The van der Waals surface area contributed by atoms with Crippen LogP contribution in [0.5, 0.6) is 0 Å². The van der Waals surface area contributed by atoms with Gasteiger partial charge in [-0.2, -0.15) is 0 Å². The normalized spacial score (nSPS) is 11.5. The second-order valence-electron chi connectivity index (χ2n) is 4.97. The Morgan fingerprint density at radius 2 is 1.68 bits per heavy atom. The Morgan fingerprint density at radius 1 is 1.05 bits per heavy atom. The van der Waals surface area contributed by atoms with E-state index in [4.69, 9.17) is 0 Å². The first-order valence-corrected chi connectivity index (χ1v) is 6.96. The van der Waals surface area contributed by atoms with Crippen LogP contribution in [0, 0.1) is 5.82 Å². The summed E-state index contributed by atoms with van der Waals surface area (Å²) in [6.45, 7) is 1.72. The van der Waals surface area contributed by atoms with Gasteiger partial charge in [-0.05, 0) is 31.2 Å². The van der Waals surface area contributed by atoms with Crippen molar-refractivity contribution >= 4 is 17.5 Å². The molecule has 0 heterocycles. The average Bonchev–Trinajstić information content (AvgIpc) is 2.50. The van der Waals surface area contributed by atoms with Gasteiger partial charge in [-0.25, -0.2) is 4.39 Å². The third-order valence-corrected chi connectivity index (χ3v) is 3.05. The number of halogens is 1. The van der Waals surface area contributed by atoms with Gasteiger partial charge in [-0.3, -0.25) is 9.59 Å². The van der Waals surface area contributed by atoms with Crippen LogP contribution in [-0.2, 0) is 4.79 Å². The van der Waals surface area contributed by atoms with E-state index in [0.717, 1.165) is 0 Å². The smallest absolute Gasteiger partial charge is 0.251 e. The van der Waals surface area contributed by atoms with Crippen molar-refractivity contribution in [3.63, 3.8) is 0 Å². The van der Waals surface area contributed by atoms with E-state index >= 15 is 0 Å². The lowest BCUT2D eigenvalue weighted by atomic mass is 10.1. The van der Waals surface area contributed by atoms with E-state index in [1.807, 2.05) is 6.07 Å². The Morgan fingerprint density at radius 3 is 2.36 bits per heavy atom. The van der Waals surface area contributed by atoms with Gasteiger partial charge < -0.3 is 10.6 Å². The summed E-state index contributed by atoms with van der Waals surface area (Å²) in [5, 5.41) is 5.22. The zero-order valence-electron chi connectivity index (χ0n) is 12.2.